The maximum absolute atomic E-state index is 13.3. The molecule has 2 N–H and O–H groups in total. The highest BCUT2D eigenvalue weighted by Crippen LogP contribution is 2.23. The first kappa shape index (κ1) is 13.5. The number of benzene rings is 1. The van der Waals surface area contributed by atoms with Gasteiger partial charge < -0.3 is 5.73 Å². The first-order valence-corrected chi connectivity index (χ1v) is 6.15. The number of carbonyl (C=O) groups excluding carboxylic acids is 1. The van der Waals surface area contributed by atoms with Gasteiger partial charge in [0.05, 0.1) is 6.26 Å². The van der Waals surface area contributed by atoms with Gasteiger partial charge in [0.1, 0.15) is 0 Å². The van der Waals surface area contributed by atoms with Crippen LogP contribution in [0.5, 0.6) is 0 Å². The van der Waals surface area contributed by atoms with E-state index in [2.05, 4.69) is 4.18 Å². The lowest BCUT2D eigenvalue weighted by atomic mass is 10.1. The van der Waals surface area contributed by atoms with Gasteiger partial charge in [0.15, 0.2) is 17.7 Å². The molecule has 5 nitrogen and oxygen atoms in total. The number of carbonyl (C=O) groups is 1. The highest BCUT2D eigenvalue weighted by Gasteiger charge is 2.27. The fourth-order valence-electron chi connectivity index (χ4n) is 1.15. The summed E-state index contributed by atoms with van der Waals surface area (Å²) in [5.74, 6) is -3.84. The average Bonchev–Trinajstić information content (AvgIpc) is 2.17. The number of primary amides is 1. The normalized spacial score (nSPS) is 13.4. The largest absolute Gasteiger partial charge is 0.367 e. The summed E-state index contributed by atoms with van der Waals surface area (Å²) in [7, 11) is -4.04. The van der Waals surface area contributed by atoms with Crippen molar-refractivity contribution in [2.45, 2.75) is 6.10 Å². The maximum Gasteiger partial charge on any atom is 0.265 e. The molecule has 1 amide bonds. The minimum Gasteiger partial charge on any atom is -0.367 e. The Kier molecular flexibility index (Phi) is 3.79. The standard InChI is InChI=1S/C9H9F2NO4S/c1-17(14,15)16-8(9(12)13)5-3-2-4-6(10)7(5)11/h2-4,8H,1H3,(H2,12,13). The van der Waals surface area contributed by atoms with E-state index in [0.29, 0.717) is 6.26 Å². The Labute approximate surface area is 96.3 Å². The van der Waals surface area contributed by atoms with Gasteiger partial charge in [-0.3, -0.25) is 8.98 Å². The molecule has 0 bridgehead atoms. The van der Waals surface area contributed by atoms with E-state index in [4.69, 9.17) is 5.73 Å². The predicted octanol–water partition coefficient (Wildman–Crippen LogP) is 0.467. The lowest BCUT2D eigenvalue weighted by Crippen LogP contribution is -2.27. The van der Waals surface area contributed by atoms with Crippen molar-refractivity contribution < 1.29 is 26.2 Å². The van der Waals surface area contributed by atoms with Crippen molar-refractivity contribution in [2.75, 3.05) is 6.26 Å². The zero-order valence-corrected chi connectivity index (χ0v) is 9.50. The smallest absolute Gasteiger partial charge is 0.265 e. The van der Waals surface area contributed by atoms with Crippen molar-refractivity contribution in [3.8, 4) is 0 Å². The van der Waals surface area contributed by atoms with E-state index >= 15 is 0 Å². The number of hydrogen-bond acceptors (Lipinski definition) is 4. The summed E-state index contributed by atoms with van der Waals surface area (Å²) in [4.78, 5) is 11.0. The van der Waals surface area contributed by atoms with Crippen molar-refractivity contribution in [1.29, 1.82) is 0 Å². The highest BCUT2D eigenvalue weighted by atomic mass is 32.2. The number of rotatable bonds is 4. The van der Waals surface area contributed by atoms with Gasteiger partial charge in [-0.15, -0.1) is 0 Å². The zero-order valence-electron chi connectivity index (χ0n) is 8.68. The Bertz CT molecular complexity index is 544. The van der Waals surface area contributed by atoms with Crippen LogP contribution in [0.4, 0.5) is 8.78 Å². The summed E-state index contributed by atoms with van der Waals surface area (Å²) < 4.78 is 52.3. The molecule has 8 heteroatoms. The van der Waals surface area contributed by atoms with E-state index in [1.807, 2.05) is 0 Å². The van der Waals surface area contributed by atoms with Crippen molar-refractivity contribution in [2.24, 2.45) is 5.73 Å². The van der Waals surface area contributed by atoms with Gasteiger partial charge in [0.2, 0.25) is 0 Å². The van der Waals surface area contributed by atoms with E-state index in [-0.39, 0.29) is 0 Å². The zero-order chi connectivity index (χ0) is 13.2. The Hall–Kier alpha value is -1.54. The quantitative estimate of drug-likeness (QED) is 0.801. The van der Waals surface area contributed by atoms with Crippen LogP contribution < -0.4 is 5.73 Å². The fourth-order valence-corrected chi connectivity index (χ4v) is 1.70. The molecule has 94 valence electrons. The SMILES string of the molecule is CS(=O)(=O)OC(C(N)=O)c1cccc(F)c1F. The molecular formula is C9H9F2NO4S. The third-order valence-corrected chi connectivity index (χ3v) is 2.34. The number of amides is 1. The highest BCUT2D eigenvalue weighted by molar-refractivity contribution is 7.86. The fraction of sp³-hybridized carbons (Fsp3) is 0.222. The first-order chi connectivity index (χ1) is 7.72. The summed E-state index contributed by atoms with van der Waals surface area (Å²) in [6.07, 6.45) is -1.22. The van der Waals surface area contributed by atoms with Crippen molar-refractivity contribution >= 4 is 16.0 Å². The summed E-state index contributed by atoms with van der Waals surface area (Å²) in [5.41, 5.74) is 4.31. The van der Waals surface area contributed by atoms with Gasteiger partial charge in [-0.25, -0.2) is 8.78 Å². The molecule has 17 heavy (non-hydrogen) atoms. The van der Waals surface area contributed by atoms with Gasteiger partial charge >= 0.3 is 0 Å². The predicted molar refractivity (Wildman–Crippen MR) is 54.2 cm³/mol. The molecule has 0 radical (unpaired) electrons. The number of nitrogens with two attached hydrogens (primary N) is 1. The molecular weight excluding hydrogens is 256 g/mol. The molecule has 0 aromatic heterocycles. The average molecular weight is 265 g/mol. The Morgan fingerprint density at radius 3 is 2.47 bits per heavy atom. The molecule has 1 aromatic rings. The maximum atomic E-state index is 13.3. The lowest BCUT2D eigenvalue weighted by molar-refractivity contribution is -0.124. The molecule has 1 atom stereocenters. The van der Waals surface area contributed by atoms with E-state index in [1.54, 1.807) is 0 Å². The van der Waals surface area contributed by atoms with Crippen LogP contribution in [-0.4, -0.2) is 20.6 Å². The molecule has 1 aromatic carbocycles. The van der Waals surface area contributed by atoms with E-state index < -0.39 is 39.3 Å². The summed E-state index contributed by atoms with van der Waals surface area (Å²) in [6.45, 7) is 0. The van der Waals surface area contributed by atoms with Gasteiger partial charge in [-0.2, -0.15) is 8.42 Å². The molecule has 0 spiro atoms. The summed E-state index contributed by atoms with van der Waals surface area (Å²) in [5, 5.41) is 0. The van der Waals surface area contributed by atoms with Crippen LogP contribution in [0, 0.1) is 11.6 Å². The molecule has 0 aliphatic heterocycles. The monoisotopic (exact) mass is 265 g/mol. The van der Waals surface area contributed by atoms with Crippen molar-refractivity contribution in [3.63, 3.8) is 0 Å². The Morgan fingerprint density at radius 1 is 1.41 bits per heavy atom. The number of hydrogen-bond donors (Lipinski definition) is 1. The minimum atomic E-state index is -4.04. The molecule has 0 heterocycles. The second kappa shape index (κ2) is 4.76. The van der Waals surface area contributed by atoms with Crippen LogP contribution in [0.3, 0.4) is 0 Å². The van der Waals surface area contributed by atoms with Crippen LogP contribution in [0.15, 0.2) is 18.2 Å². The second-order valence-electron chi connectivity index (χ2n) is 3.23. The van der Waals surface area contributed by atoms with Gasteiger partial charge in [-0.1, -0.05) is 12.1 Å². The van der Waals surface area contributed by atoms with E-state index in [9.17, 15) is 22.0 Å². The van der Waals surface area contributed by atoms with Gasteiger partial charge in [0.25, 0.3) is 16.0 Å². The lowest BCUT2D eigenvalue weighted by Gasteiger charge is -2.13. The third kappa shape index (κ3) is 3.46. The van der Waals surface area contributed by atoms with E-state index in [1.165, 1.54) is 0 Å². The van der Waals surface area contributed by atoms with Crippen molar-refractivity contribution in [1.82, 2.24) is 0 Å². The van der Waals surface area contributed by atoms with Crippen LogP contribution in [0.25, 0.3) is 0 Å². The van der Waals surface area contributed by atoms with Gasteiger partial charge in [0, 0.05) is 5.56 Å². The summed E-state index contributed by atoms with van der Waals surface area (Å²) in [6, 6.07) is 2.94. The van der Waals surface area contributed by atoms with E-state index in [0.717, 1.165) is 18.2 Å². The molecule has 1 rings (SSSR count). The van der Waals surface area contributed by atoms with Crippen molar-refractivity contribution in [3.05, 3.63) is 35.4 Å². The Balaban J connectivity index is 3.24. The molecule has 0 aliphatic carbocycles. The molecule has 0 saturated carbocycles. The van der Waals surface area contributed by atoms with Crippen LogP contribution in [0.2, 0.25) is 0 Å². The molecule has 0 aliphatic rings. The van der Waals surface area contributed by atoms with Crippen LogP contribution in [-0.2, 0) is 19.1 Å². The van der Waals surface area contributed by atoms with Gasteiger partial charge in [-0.05, 0) is 6.07 Å². The first-order valence-electron chi connectivity index (χ1n) is 4.34. The minimum absolute atomic E-state index is 0.567. The molecule has 0 saturated heterocycles. The Morgan fingerprint density at radius 2 is 2.00 bits per heavy atom. The van der Waals surface area contributed by atoms with Crippen LogP contribution in [0.1, 0.15) is 11.7 Å². The molecule has 0 fully saturated rings. The molecule has 1 unspecified atom stereocenters. The second-order valence-corrected chi connectivity index (χ2v) is 4.83. The number of halogens is 2. The topological polar surface area (TPSA) is 86.5 Å². The summed E-state index contributed by atoms with van der Waals surface area (Å²) >= 11 is 0. The van der Waals surface area contributed by atoms with Crippen LogP contribution >= 0.6 is 0 Å². The third-order valence-electron chi connectivity index (χ3n) is 1.79.